The summed E-state index contributed by atoms with van der Waals surface area (Å²) in [6, 6.07) is 1.96. The monoisotopic (exact) mass is 404 g/mol. The highest BCUT2D eigenvalue weighted by Gasteiger charge is 2.27. The summed E-state index contributed by atoms with van der Waals surface area (Å²) in [6.07, 6.45) is 4.75. The van der Waals surface area contributed by atoms with E-state index in [9.17, 15) is 14.4 Å². The van der Waals surface area contributed by atoms with Crippen LogP contribution in [0, 0.1) is 5.92 Å². The van der Waals surface area contributed by atoms with Crippen LogP contribution in [0.4, 0.5) is 11.5 Å². The van der Waals surface area contributed by atoms with Crippen LogP contribution < -0.4 is 21.9 Å². The van der Waals surface area contributed by atoms with E-state index in [0.717, 1.165) is 32.1 Å². The first-order chi connectivity index (χ1) is 13.4. The average Bonchev–Trinajstić information content (AvgIpc) is 3.07. The van der Waals surface area contributed by atoms with Crippen LogP contribution in [0.15, 0.2) is 15.7 Å². The molecule has 0 bridgehead atoms. The third-order valence-corrected chi connectivity index (χ3v) is 6.55. The lowest BCUT2D eigenvalue weighted by Gasteiger charge is -2.22. The summed E-state index contributed by atoms with van der Waals surface area (Å²) in [5.74, 6) is 0.424. The molecule has 7 nitrogen and oxygen atoms in total. The Kier molecular flexibility index (Phi) is 6.07. The lowest BCUT2D eigenvalue weighted by Crippen LogP contribution is -2.41. The summed E-state index contributed by atoms with van der Waals surface area (Å²) < 4.78 is 1.34. The van der Waals surface area contributed by atoms with Gasteiger partial charge < -0.3 is 10.6 Å². The molecule has 0 fully saturated rings. The first-order valence-electron chi connectivity index (χ1n) is 9.93. The van der Waals surface area contributed by atoms with Crippen molar-refractivity contribution in [1.82, 2.24) is 9.55 Å². The van der Waals surface area contributed by atoms with E-state index in [1.807, 2.05) is 13.0 Å². The number of nitrogen functional groups attached to an aromatic ring is 1. The van der Waals surface area contributed by atoms with Crippen molar-refractivity contribution in [3.8, 4) is 0 Å². The van der Waals surface area contributed by atoms with Crippen LogP contribution in [-0.4, -0.2) is 22.0 Å². The summed E-state index contributed by atoms with van der Waals surface area (Å²) in [5, 5.41) is 0. The predicted molar refractivity (Wildman–Crippen MR) is 114 cm³/mol. The fourth-order valence-electron chi connectivity index (χ4n) is 3.72. The van der Waals surface area contributed by atoms with Gasteiger partial charge in [-0.1, -0.05) is 20.3 Å². The van der Waals surface area contributed by atoms with Gasteiger partial charge in [0.25, 0.3) is 11.5 Å². The number of H-pyrrole nitrogens is 1. The number of aromatic nitrogens is 2. The van der Waals surface area contributed by atoms with Crippen molar-refractivity contribution in [2.45, 2.75) is 59.4 Å². The van der Waals surface area contributed by atoms with E-state index in [2.05, 4.69) is 11.9 Å². The summed E-state index contributed by atoms with van der Waals surface area (Å²) >= 11 is 1.50. The molecule has 1 unspecified atom stereocenters. The summed E-state index contributed by atoms with van der Waals surface area (Å²) in [4.78, 5) is 43.5. The number of thiophene rings is 1. The van der Waals surface area contributed by atoms with Crippen LogP contribution in [0.2, 0.25) is 0 Å². The van der Waals surface area contributed by atoms with Gasteiger partial charge in [0.05, 0.1) is 4.88 Å². The minimum absolute atomic E-state index is 0.0485. The lowest BCUT2D eigenvalue weighted by atomic mass is 9.90. The molecule has 3 N–H and O–H groups in total. The van der Waals surface area contributed by atoms with Gasteiger partial charge in [-0.3, -0.25) is 19.1 Å². The Morgan fingerprint density at radius 3 is 2.82 bits per heavy atom. The van der Waals surface area contributed by atoms with Crippen molar-refractivity contribution < 1.29 is 4.79 Å². The molecule has 8 heteroatoms. The molecule has 0 spiro atoms. The Balaban J connectivity index is 2.01. The van der Waals surface area contributed by atoms with E-state index < -0.39 is 11.2 Å². The Bertz CT molecular complexity index is 988. The second-order valence-electron chi connectivity index (χ2n) is 7.45. The maximum absolute atomic E-state index is 13.2. The van der Waals surface area contributed by atoms with Crippen LogP contribution in [0.25, 0.3) is 0 Å². The Morgan fingerprint density at radius 2 is 2.14 bits per heavy atom. The zero-order valence-electron chi connectivity index (χ0n) is 16.7. The molecule has 2 aromatic rings. The van der Waals surface area contributed by atoms with Gasteiger partial charge in [-0.25, -0.2) is 4.79 Å². The molecule has 28 heavy (non-hydrogen) atoms. The van der Waals surface area contributed by atoms with Gasteiger partial charge in [0, 0.05) is 18.0 Å². The maximum atomic E-state index is 13.2. The number of nitrogens with zero attached hydrogens (tertiary/aromatic N) is 2. The minimum atomic E-state index is -0.625. The van der Waals surface area contributed by atoms with E-state index in [4.69, 9.17) is 5.73 Å². The van der Waals surface area contributed by atoms with Crippen molar-refractivity contribution in [3.05, 3.63) is 42.2 Å². The number of amides is 1. The van der Waals surface area contributed by atoms with Gasteiger partial charge in [0.1, 0.15) is 5.82 Å². The molecule has 1 aliphatic rings. The first kappa shape index (κ1) is 20.4. The molecular formula is C20H28N4O3S. The summed E-state index contributed by atoms with van der Waals surface area (Å²) in [6.45, 7) is 6.72. The molecule has 2 heterocycles. The molecule has 3 rings (SSSR count). The normalized spacial score (nSPS) is 16.0. The molecule has 0 saturated heterocycles. The molecule has 0 saturated carbocycles. The number of carbonyl (C=O) groups excluding carboxylic acids is 1. The minimum Gasteiger partial charge on any atom is -0.383 e. The number of aromatic amines is 1. The zero-order chi connectivity index (χ0) is 20.4. The smallest absolute Gasteiger partial charge is 0.330 e. The number of unbranched alkanes of at least 4 members (excludes halogenated alkanes) is 1. The molecule has 0 radical (unpaired) electrons. The van der Waals surface area contributed by atoms with Crippen LogP contribution in [-0.2, 0) is 19.4 Å². The van der Waals surface area contributed by atoms with Crippen molar-refractivity contribution in [3.63, 3.8) is 0 Å². The number of nitrogens with one attached hydrogen (secondary N) is 1. The van der Waals surface area contributed by atoms with Crippen molar-refractivity contribution >= 4 is 28.7 Å². The van der Waals surface area contributed by atoms with Crippen molar-refractivity contribution in [2.24, 2.45) is 5.92 Å². The molecule has 2 aromatic heterocycles. The highest BCUT2D eigenvalue weighted by molar-refractivity contribution is 7.14. The number of aryl methyl sites for hydroxylation is 1. The Labute approximate surface area is 168 Å². The SMILES string of the molecule is CCCCn1c(N)c(N(CC)C(=O)c2cc3c(s2)CCC(C)C3)c(=O)[nH]c1=O. The number of carbonyl (C=O) groups is 1. The second-order valence-corrected chi connectivity index (χ2v) is 8.59. The molecule has 0 aromatic carbocycles. The Morgan fingerprint density at radius 1 is 1.39 bits per heavy atom. The van der Waals surface area contributed by atoms with E-state index in [0.29, 0.717) is 17.3 Å². The number of nitrogens with two attached hydrogens (primary N) is 1. The highest BCUT2D eigenvalue weighted by atomic mass is 32.1. The van der Waals surface area contributed by atoms with Crippen LogP contribution in [0.3, 0.4) is 0 Å². The third-order valence-electron chi connectivity index (χ3n) is 5.32. The maximum Gasteiger partial charge on any atom is 0.330 e. The highest BCUT2D eigenvalue weighted by Crippen LogP contribution is 2.33. The largest absolute Gasteiger partial charge is 0.383 e. The summed E-state index contributed by atoms with van der Waals surface area (Å²) in [5.41, 5.74) is 6.32. The number of hydrogen-bond donors (Lipinski definition) is 2. The van der Waals surface area contributed by atoms with E-state index >= 15 is 0 Å². The van der Waals surface area contributed by atoms with Crippen LogP contribution in [0.1, 0.15) is 60.1 Å². The lowest BCUT2D eigenvalue weighted by molar-refractivity contribution is 0.0991. The van der Waals surface area contributed by atoms with E-state index in [-0.39, 0.29) is 24.0 Å². The van der Waals surface area contributed by atoms with E-state index in [1.54, 1.807) is 6.92 Å². The third kappa shape index (κ3) is 3.78. The zero-order valence-corrected chi connectivity index (χ0v) is 17.5. The number of fused-ring (bicyclic) bond motifs is 1. The fraction of sp³-hybridized carbons (Fsp3) is 0.550. The summed E-state index contributed by atoms with van der Waals surface area (Å²) in [7, 11) is 0. The van der Waals surface area contributed by atoms with Gasteiger partial charge in [0.2, 0.25) is 0 Å². The number of hydrogen-bond acceptors (Lipinski definition) is 5. The molecule has 1 atom stereocenters. The number of anilines is 2. The second kappa shape index (κ2) is 8.34. The molecular weight excluding hydrogens is 376 g/mol. The standard InChI is InChI=1S/C20H28N4O3S/c1-4-6-9-24-17(21)16(18(25)22-20(24)27)23(5-2)19(26)15-11-13-10-12(3)7-8-14(13)28-15/h11-12H,4-10,21H2,1-3H3,(H,22,25,27). The topological polar surface area (TPSA) is 101 Å². The van der Waals surface area contributed by atoms with Gasteiger partial charge in [-0.15, -0.1) is 11.3 Å². The quantitative estimate of drug-likeness (QED) is 0.773. The van der Waals surface area contributed by atoms with Gasteiger partial charge in [-0.05, 0) is 50.2 Å². The predicted octanol–water partition coefficient (Wildman–Crippen LogP) is 2.77. The first-order valence-corrected chi connectivity index (χ1v) is 10.7. The van der Waals surface area contributed by atoms with Crippen LogP contribution in [0.5, 0.6) is 0 Å². The van der Waals surface area contributed by atoms with Crippen molar-refractivity contribution in [2.75, 3.05) is 17.2 Å². The van der Waals surface area contributed by atoms with Gasteiger partial charge >= 0.3 is 5.69 Å². The molecule has 1 aliphatic carbocycles. The fourth-order valence-corrected chi connectivity index (χ4v) is 4.88. The van der Waals surface area contributed by atoms with Gasteiger partial charge in [-0.2, -0.15) is 0 Å². The molecule has 152 valence electrons. The van der Waals surface area contributed by atoms with Gasteiger partial charge in [0.15, 0.2) is 5.69 Å². The molecule has 0 aliphatic heterocycles. The van der Waals surface area contributed by atoms with Crippen LogP contribution >= 0.6 is 11.3 Å². The van der Waals surface area contributed by atoms with E-state index in [1.165, 1.54) is 31.2 Å². The molecule has 1 amide bonds. The number of rotatable bonds is 6. The average molecular weight is 405 g/mol. The Hall–Kier alpha value is -2.35. The van der Waals surface area contributed by atoms with Crippen molar-refractivity contribution in [1.29, 1.82) is 0 Å².